The van der Waals surface area contributed by atoms with Crippen molar-refractivity contribution in [1.82, 2.24) is 9.80 Å². The molecule has 2 aromatic rings. The molecule has 1 aliphatic rings. The Bertz CT molecular complexity index is 896. The molecule has 0 saturated carbocycles. The minimum Gasteiger partial charge on any atom is -0.493 e. The lowest BCUT2D eigenvalue weighted by atomic mass is 10.1. The second kappa shape index (κ2) is 10.7. The van der Waals surface area contributed by atoms with Crippen LogP contribution in [-0.2, 0) is 17.9 Å². The molecule has 1 heterocycles. The molecule has 3 rings (SSSR count). The van der Waals surface area contributed by atoms with Crippen molar-refractivity contribution in [3.63, 3.8) is 0 Å². The van der Waals surface area contributed by atoms with Crippen molar-refractivity contribution in [1.29, 1.82) is 0 Å². The number of amides is 1. The molecule has 0 aromatic heterocycles. The summed E-state index contributed by atoms with van der Waals surface area (Å²) in [6.07, 6.45) is 0. The molecule has 2 aromatic carbocycles. The summed E-state index contributed by atoms with van der Waals surface area (Å²) in [7, 11) is 2.99. The minimum absolute atomic E-state index is 0.00306. The molecule has 0 spiro atoms. The fraction of sp³-hybridized carbons (Fsp3) is 0.458. The van der Waals surface area contributed by atoms with Crippen molar-refractivity contribution in [3.8, 4) is 17.2 Å². The summed E-state index contributed by atoms with van der Waals surface area (Å²) in [6.45, 7) is 5.76. The van der Waals surface area contributed by atoms with Crippen LogP contribution >= 0.6 is 0 Å². The van der Waals surface area contributed by atoms with Gasteiger partial charge in [0.15, 0.2) is 18.1 Å². The van der Waals surface area contributed by atoms with Gasteiger partial charge < -0.3 is 24.2 Å². The van der Waals surface area contributed by atoms with E-state index in [2.05, 4.69) is 11.8 Å². The first-order valence-corrected chi connectivity index (χ1v) is 10.6. The zero-order chi connectivity index (χ0) is 23.3. The van der Waals surface area contributed by atoms with E-state index in [1.165, 1.54) is 26.4 Å². The maximum absolute atomic E-state index is 13.2. The van der Waals surface area contributed by atoms with Crippen LogP contribution in [0.1, 0.15) is 25.0 Å². The molecule has 0 aliphatic carbocycles. The number of hydrogen-bond donors (Lipinski definition) is 1. The van der Waals surface area contributed by atoms with Crippen LogP contribution in [0.5, 0.6) is 17.2 Å². The van der Waals surface area contributed by atoms with Crippen molar-refractivity contribution >= 4 is 5.91 Å². The summed E-state index contributed by atoms with van der Waals surface area (Å²) in [6, 6.07) is 9.98. The van der Waals surface area contributed by atoms with Crippen molar-refractivity contribution in [2.45, 2.75) is 39.1 Å². The number of aliphatic hydroxyl groups is 1. The molecule has 1 fully saturated rings. The number of methoxy groups -OCH3 is 2. The zero-order valence-electron chi connectivity index (χ0n) is 19.0. The summed E-state index contributed by atoms with van der Waals surface area (Å²) < 4.78 is 29.7. The molecule has 8 heteroatoms. The van der Waals surface area contributed by atoms with Crippen molar-refractivity contribution in [3.05, 3.63) is 53.3 Å². The fourth-order valence-corrected chi connectivity index (χ4v) is 3.97. The van der Waals surface area contributed by atoms with Gasteiger partial charge in [-0.05, 0) is 49.2 Å². The van der Waals surface area contributed by atoms with Gasteiger partial charge in [-0.3, -0.25) is 9.69 Å². The fourth-order valence-electron chi connectivity index (χ4n) is 3.97. The van der Waals surface area contributed by atoms with Crippen molar-refractivity contribution in [2.75, 3.05) is 33.9 Å². The summed E-state index contributed by atoms with van der Waals surface area (Å²) in [4.78, 5) is 17.1. The molecule has 7 nitrogen and oxygen atoms in total. The average Bonchev–Trinajstić information content (AvgIpc) is 2.80. The maximum atomic E-state index is 13.2. The van der Waals surface area contributed by atoms with Crippen LogP contribution in [0.2, 0.25) is 0 Å². The molecular formula is C24H31FN2O5. The number of carbonyl (C=O) groups excluding carboxylic acids is 1. The highest BCUT2D eigenvalue weighted by Gasteiger charge is 2.32. The van der Waals surface area contributed by atoms with Crippen LogP contribution in [0.25, 0.3) is 0 Å². The smallest absolute Gasteiger partial charge is 0.260 e. The number of rotatable bonds is 8. The number of halogens is 1. The normalized spacial score (nSPS) is 19.0. The van der Waals surface area contributed by atoms with Crippen LogP contribution in [0.4, 0.5) is 4.39 Å². The lowest BCUT2D eigenvalue weighted by Gasteiger charge is -2.44. The van der Waals surface area contributed by atoms with Crippen LogP contribution in [0.15, 0.2) is 36.4 Å². The van der Waals surface area contributed by atoms with Gasteiger partial charge in [0.1, 0.15) is 5.82 Å². The third-order valence-electron chi connectivity index (χ3n) is 5.78. The van der Waals surface area contributed by atoms with Gasteiger partial charge in [0.25, 0.3) is 5.91 Å². The molecule has 32 heavy (non-hydrogen) atoms. The molecule has 0 unspecified atom stereocenters. The first kappa shape index (κ1) is 23.8. The lowest BCUT2D eigenvalue weighted by molar-refractivity contribution is -0.139. The Morgan fingerprint density at radius 3 is 2.22 bits per heavy atom. The Hall–Kier alpha value is -2.84. The molecule has 174 valence electrons. The standard InChI is InChI=1S/C24H31FN2O5/c1-16-12-27(17(2)11-26(16)13-18-5-7-20(25)8-6-18)23(29)15-32-24-21(30-3)9-19(14-28)10-22(24)31-4/h5-10,16-17,28H,11-15H2,1-4H3/t16-,17+/m0/s1. The van der Waals surface area contributed by atoms with E-state index in [1.807, 2.05) is 11.8 Å². The van der Waals surface area contributed by atoms with Gasteiger partial charge in [-0.1, -0.05) is 12.1 Å². The minimum atomic E-state index is -0.246. The molecule has 0 radical (unpaired) electrons. The summed E-state index contributed by atoms with van der Waals surface area (Å²) in [5.41, 5.74) is 1.66. The zero-order valence-corrected chi connectivity index (χ0v) is 19.0. The van der Waals surface area contributed by atoms with E-state index in [0.29, 0.717) is 42.4 Å². The summed E-state index contributed by atoms with van der Waals surface area (Å²) in [5.74, 6) is 0.751. The molecule has 1 amide bonds. The topological polar surface area (TPSA) is 71.5 Å². The van der Waals surface area contributed by atoms with E-state index < -0.39 is 0 Å². The van der Waals surface area contributed by atoms with Gasteiger partial charge in [-0.25, -0.2) is 4.39 Å². The number of piperazine rings is 1. The Kier molecular flexibility index (Phi) is 7.93. The summed E-state index contributed by atoms with van der Waals surface area (Å²) in [5, 5.41) is 9.40. The van der Waals surface area contributed by atoms with Gasteiger partial charge in [-0.15, -0.1) is 0 Å². The highest BCUT2D eigenvalue weighted by molar-refractivity contribution is 5.78. The molecule has 1 saturated heterocycles. The number of hydrogen-bond acceptors (Lipinski definition) is 6. The van der Waals surface area contributed by atoms with Crippen LogP contribution in [-0.4, -0.2) is 66.8 Å². The van der Waals surface area contributed by atoms with Gasteiger partial charge in [0, 0.05) is 31.7 Å². The van der Waals surface area contributed by atoms with Crippen molar-refractivity contribution < 1.29 is 28.5 Å². The summed E-state index contributed by atoms with van der Waals surface area (Å²) >= 11 is 0. The Labute approximate surface area is 188 Å². The van der Waals surface area contributed by atoms with E-state index in [9.17, 15) is 14.3 Å². The molecule has 1 aliphatic heterocycles. The highest BCUT2D eigenvalue weighted by Crippen LogP contribution is 2.38. The molecular weight excluding hydrogens is 415 g/mol. The predicted octanol–water partition coefficient (Wildman–Crippen LogP) is 2.84. The first-order valence-electron chi connectivity index (χ1n) is 10.6. The average molecular weight is 447 g/mol. The number of ether oxygens (including phenoxy) is 3. The second-order valence-corrected chi connectivity index (χ2v) is 8.08. The number of benzene rings is 2. The van der Waals surface area contributed by atoms with E-state index in [1.54, 1.807) is 24.3 Å². The predicted molar refractivity (Wildman–Crippen MR) is 118 cm³/mol. The first-order chi connectivity index (χ1) is 15.4. The van der Waals surface area contributed by atoms with Crippen LogP contribution in [0, 0.1) is 5.82 Å². The Morgan fingerprint density at radius 2 is 1.66 bits per heavy atom. The van der Waals surface area contributed by atoms with Gasteiger partial charge >= 0.3 is 0 Å². The Morgan fingerprint density at radius 1 is 1.03 bits per heavy atom. The van der Waals surface area contributed by atoms with Gasteiger partial charge in [0.05, 0.1) is 20.8 Å². The third-order valence-corrected chi connectivity index (χ3v) is 5.78. The SMILES string of the molecule is COc1cc(CO)cc(OC)c1OCC(=O)N1C[C@H](C)N(Cc2ccc(F)cc2)C[C@H]1C. The van der Waals surface area contributed by atoms with Crippen molar-refractivity contribution in [2.24, 2.45) is 0 Å². The lowest BCUT2D eigenvalue weighted by Crippen LogP contribution is -2.58. The van der Waals surface area contributed by atoms with Gasteiger partial charge in [-0.2, -0.15) is 0 Å². The van der Waals surface area contributed by atoms with E-state index in [0.717, 1.165) is 5.56 Å². The number of nitrogens with zero attached hydrogens (tertiary/aromatic N) is 2. The molecule has 0 bridgehead atoms. The maximum Gasteiger partial charge on any atom is 0.260 e. The Balaban J connectivity index is 1.63. The molecule has 2 atom stereocenters. The highest BCUT2D eigenvalue weighted by atomic mass is 19.1. The van der Waals surface area contributed by atoms with Crippen LogP contribution in [0.3, 0.4) is 0 Å². The van der Waals surface area contributed by atoms with E-state index in [4.69, 9.17) is 14.2 Å². The van der Waals surface area contributed by atoms with Crippen LogP contribution < -0.4 is 14.2 Å². The third kappa shape index (κ3) is 5.49. The largest absolute Gasteiger partial charge is 0.493 e. The van der Waals surface area contributed by atoms with E-state index >= 15 is 0 Å². The number of aliphatic hydroxyl groups excluding tert-OH is 1. The van der Waals surface area contributed by atoms with Gasteiger partial charge in [0.2, 0.25) is 5.75 Å². The monoisotopic (exact) mass is 446 g/mol. The number of carbonyl (C=O) groups is 1. The quantitative estimate of drug-likeness (QED) is 0.673. The molecule has 1 N–H and O–H groups in total. The van der Waals surface area contributed by atoms with E-state index in [-0.39, 0.29) is 37.0 Å². The second-order valence-electron chi connectivity index (χ2n) is 8.08.